The Labute approximate surface area is 180 Å². The smallest absolute Gasteiger partial charge is 0.410 e. The molecule has 0 bridgehead atoms. The third-order valence-corrected chi connectivity index (χ3v) is 6.51. The van der Waals surface area contributed by atoms with Crippen LogP contribution in [-0.2, 0) is 16.0 Å². The van der Waals surface area contributed by atoms with E-state index in [4.69, 9.17) is 14.5 Å². The maximum atomic E-state index is 12.3. The molecule has 0 radical (unpaired) electrons. The molecule has 2 aliphatic rings. The van der Waals surface area contributed by atoms with Crippen LogP contribution < -0.4 is 0 Å². The van der Waals surface area contributed by atoms with Gasteiger partial charge in [-0.15, -0.1) is 11.3 Å². The van der Waals surface area contributed by atoms with Gasteiger partial charge in [-0.25, -0.2) is 9.78 Å². The predicted molar refractivity (Wildman–Crippen MR) is 117 cm³/mol. The number of carbonyl (C=O) groups is 2. The van der Waals surface area contributed by atoms with E-state index in [2.05, 4.69) is 10.6 Å². The summed E-state index contributed by atoms with van der Waals surface area (Å²) in [5, 5.41) is 0. The number of carbonyl (C=O) groups excluding carboxylic acids is 2. The van der Waals surface area contributed by atoms with Crippen LogP contribution in [0.15, 0.2) is 11.6 Å². The number of likely N-dealkylation sites (tertiary alicyclic amines) is 1. The van der Waals surface area contributed by atoms with Gasteiger partial charge in [0.15, 0.2) is 5.78 Å². The number of amides is 1. The first-order chi connectivity index (χ1) is 14.2. The van der Waals surface area contributed by atoms with Crippen molar-refractivity contribution in [1.82, 2.24) is 14.5 Å². The minimum Gasteiger partial charge on any atom is -0.444 e. The number of hydrogen-bond donors (Lipinski definition) is 0. The lowest BCUT2D eigenvalue weighted by atomic mass is 10.0. The van der Waals surface area contributed by atoms with Crippen molar-refractivity contribution in [1.29, 1.82) is 0 Å². The molecule has 0 N–H and O–H groups in total. The first-order valence-corrected chi connectivity index (χ1v) is 11.3. The second-order valence-corrected chi connectivity index (χ2v) is 10.0. The van der Waals surface area contributed by atoms with Gasteiger partial charge in [0.25, 0.3) is 0 Å². The highest BCUT2D eigenvalue weighted by molar-refractivity contribution is 7.20. The lowest BCUT2D eigenvalue weighted by Gasteiger charge is -2.31. The van der Waals surface area contributed by atoms with Crippen LogP contribution in [0.4, 0.5) is 4.79 Å². The minimum absolute atomic E-state index is 0.0684. The van der Waals surface area contributed by atoms with Crippen LogP contribution in [0, 0.1) is 0 Å². The van der Waals surface area contributed by atoms with E-state index in [1.807, 2.05) is 26.8 Å². The number of thiophene rings is 1. The molecule has 30 heavy (non-hydrogen) atoms. The first kappa shape index (κ1) is 21.1. The maximum Gasteiger partial charge on any atom is 0.410 e. The topological polar surface area (TPSA) is 73.7 Å². The highest BCUT2D eigenvalue weighted by Crippen LogP contribution is 2.30. The summed E-state index contributed by atoms with van der Waals surface area (Å²) in [6.07, 6.45) is 4.75. The van der Waals surface area contributed by atoms with E-state index in [1.165, 1.54) is 16.9 Å². The van der Waals surface area contributed by atoms with Crippen molar-refractivity contribution in [2.75, 3.05) is 19.7 Å². The van der Waals surface area contributed by atoms with E-state index < -0.39 is 5.60 Å². The van der Waals surface area contributed by atoms with Crippen molar-refractivity contribution in [3.63, 3.8) is 0 Å². The van der Waals surface area contributed by atoms with Gasteiger partial charge < -0.3 is 18.9 Å². The number of aromatic nitrogens is 2. The second-order valence-electron chi connectivity index (χ2n) is 8.99. The Morgan fingerprint density at radius 1 is 1.33 bits per heavy atom. The van der Waals surface area contributed by atoms with Gasteiger partial charge in [0, 0.05) is 19.7 Å². The van der Waals surface area contributed by atoms with Gasteiger partial charge in [-0.3, -0.25) is 4.79 Å². The van der Waals surface area contributed by atoms with E-state index in [0.717, 1.165) is 53.5 Å². The number of nitrogens with zero attached hydrogens (tertiary/aromatic N) is 3. The van der Waals surface area contributed by atoms with Crippen LogP contribution in [0.1, 0.15) is 62.5 Å². The number of Topliss-reactive ketones (excluding diaryl/α,β-unsaturated/α-hetero) is 1. The lowest BCUT2D eigenvalue weighted by molar-refractivity contribution is -0.0587. The minimum atomic E-state index is -0.480. The third kappa shape index (κ3) is 4.59. The van der Waals surface area contributed by atoms with Crippen LogP contribution in [0.5, 0.6) is 0 Å². The van der Waals surface area contributed by atoms with E-state index in [1.54, 1.807) is 11.8 Å². The summed E-state index contributed by atoms with van der Waals surface area (Å²) in [4.78, 5) is 32.3. The van der Waals surface area contributed by atoms with Crippen molar-refractivity contribution >= 4 is 39.6 Å². The number of piperidine rings is 1. The Kier molecular flexibility index (Phi) is 5.72. The Bertz CT molecular complexity index is 984. The first-order valence-electron chi connectivity index (χ1n) is 10.5. The van der Waals surface area contributed by atoms with Gasteiger partial charge in [0.2, 0.25) is 0 Å². The quantitative estimate of drug-likeness (QED) is 0.666. The standard InChI is InChI=1S/C22H29N3O4S/c1-14(26)18-12-17-20(30-18)23-19(25(17)13-16-7-10-28-16)11-15-5-8-24(9-6-15)21(27)29-22(2,3)4/h11-12,16H,5-10,13H2,1-4H3/t16-/m0/s1. The van der Waals surface area contributed by atoms with Crippen LogP contribution in [0.25, 0.3) is 16.4 Å². The molecular weight excluding hydrogens is 402 g/mol. The van der Waals surface area contributed by atoms with E-state index in [0.29, 0.717) is 13.1 Å². The zero-order valence-electron chi connectivity index (χ0n) is 18.1. The molecule has 2 saturated heterocycles. The van der Waals surface area contributed by atoms with Gasteiger partial charge in [-0.2, -0.15) is 0 Å². The number of imidazole rings is 1. The molecule has 2 aromatic heterocycles. The summed E-state index contributed by atoms with van der Waals surface area (Å²) < 4.78 is 13.3. The average molecular weight is 432 g/mol. The molecule has 2 aliphatic heterocycles. The summed E-state index contributed by atoms with van der Waals surface area (Å²) in [6, 6.07) is 1.95. The Hall–Kier alpha value is -2.19. The van der Waals surface area contributed by atoms with Crippen molar-refractivity contribution in [2.24, 2.45) is 0 Å². The number of fused-ring (bicyclic) bond motifs is 1. The molecule has 2 fully saturated rings. The van der Waals surface area contributed by atoms with Crippen LogP contribution in [-0.4, -0.2) is 57.7 Å². The zero-order chi connectivity index (χ0) is 21.5. The fourth-order valence-electron chi connectivity index (χ4n) is 3.67. The Morgan fingerprint density at radius 2 is 2.03 bits per heavy atom. The maximum absolute atomic E-state index is 12.3. The summed E-state index contributed by atoms with van der Waals surface area (Å²) in [6.45, 7) is 10.1. The van der Waals surface area contributed by atoms with E-state index in [9.17, 15) is 9.59 Å². The van der Waals surface area contributed by atoms with E-state index in [-0.39, 0.29) is 18.0 Å². The molecule has 1 amide bonds. The van der Waals surface area contributed by atoms with Crippen molar-refractivity contribution in [3.8, 4) is 0 Å². The fourth-order valence-corrected chi connectivity index (χ4v) is 4.61. The fraction of sp³-hybridized carbons (Fsp3) is 0.591. The number of rotatable bonds is 4. The molecule has 4 rings (SSSR count). The lowest BCUT2D eigenvalue weighted by Crippen LogP contribution is -2.40. The summed E-state index contributed by atoms with van der Waals surface area (Å²) >= 11 is 1.44. The molecular formula is C22H29N3O4S. The predicted octanol–water partition coefficient (Wildman–Crippen LogP) is 4.50. The van der Waals surface area contributed by atoms with Gasteiger partial charge >= 0.3 is 6.09 Å². The Morgan fingerprint density at radius 3 is 2.60 bits per heavy atom. The third-order valence-electron chi connectivity index (χ3n) is 5.39. The molecule has 0 aliphatic carbocycles. The second kappa shape index (κ2) is 8.15. The van der Waals surface area contributed by atoms with Crippen LogP contribution in [0.3, 0.4) is 0 Å². The normalized spacial score (nSPS) is 19.7. The summed E-state index contributed by atoms with van der Waals surface area (Å²) in [5.74, 6) is 0.974. The van der Waals surface area contributed by atoms with Gasteiger partial charge in [-0.05, 0) is 59.1 Å². The van der Waals surface area contributed by atoms with Gasteiger partial charge in [0.1, 0.15) is 16.3 Å². The molecule has 8 heteroatoms. The molecule has 2 aromatic rings. The van der Waals surface area contributed by atoms with Crippen LogP contribution in [0.2, 0.25) is 0 Å². The van der Waals surface area contributed by atoms with Crippen LogP contribution >= 0.6 is 11.3 Å². The van der Waals surface area contributed by atoms with Crippen molar-refractivity contribution < 1.29 is 19.1 Å². The highest BCUT2D eigenvalue weighted by Gasteiger charge is 2.26. The highest BCUT2D eigenvalue weighted by atomic mass is 32.1. The van der Waals surface area contributed by atoms with Gasteiger partial charge in [-0.1, -0.05) is 5.57 Å². The molecule has 0 spiro atoms. The molecule has 0 saturated carbocycles. The Balaban J connectivity index is 1.52. The number of ketones is 1. The summed E-state index contributed by atoms with van der Waals surface area (Å²) in [5.41, 5.74) is 1.79. The zero-order valence-corrected chi connectivity index (χ0v) is 18.9. The number of ether oxygens (including phenoxy) is 2. The average Bonchev–Trinajstić information content (AvgIpc) is 3.16. The molecule has 4 heterocycles. The molecule has 0 unspecified atom stereocenters. The molecule has 162 valence electrons. The van der Waals surface area contributed by atoms with Gasteiger partial charge in [0.05, 0.1) is 23.0 Å². The molecule has 7 nitrogen and oxygen atoms in total. The molecule has 0 aromatic carbocycles. The molecule has 1 atom stereocenters. The number of hydrogen-bond acceptors (Lipinski definition) is 6. The SMILES string of the molecule is CC(=O)c1cc2c(nc(C=C3CCN(C(=O)OC(C)(C)C)CC3)n2C[C@@H]2CCO2)s1. The largest absolute Gasteiger partial charge is 0.444 e. The van der Waals surface area contributed by atoms with Crippen molar-refractivity contribution in [2.45, 2.75) is 65.2 Å². The summed E-state index contributed by atoms with van der Waals surface area (Å²) in [7, 11) is 0. The monoisotopic (exact) mass is 431 g/mol. The van der Waals surface area contributed by atoms with E-state index >= 15 is 0 Å². The van der Waals surface area contributed by atoms with Crippen molar-refractivity contribution in [3.05, 3.63) is 22.3 Å².